The maximum atomic E-state index is 12.8. The van der Waals surface area contributed by atoms with Crippen LogP contribution in [-0.4, -0.2) is 21.8 Å². The number of carbonyl (C=O) groups is 2. The van der Waals surface area contributed by atoms with Crippen LogP contribution in [0.5, 0.6) is 0 Å². The largest absolute Gasteiger partial charge is 0.417 e. The van der Waals surface area contributed by atoms with Crippen LogP contribution < -0.4 is 10.6 Å². The second-order valence-corrected chi connectivity index (χ2v) is 5.64. The summed E-state index contributed by atoms with van der Waals surface area (Å²) in [5.74, 6) is -2.16. The third-order valence-electron chi connectivity index (χ3n) is 3.41. The van der Waals surface area contributed by atoms with E-state index in [1.54, 1.807) is 18.2 Å². The number of benzene rings is 2. The topological polar surface area (TPSA) is 86.9 Å². The highest BCUT2D eigenvalue weighted by atomic mass is 35.5. The van der Waals surface area contributed by atoms with E-state index < -0.39 is 28.6 Å². The highest BCUT2D eigenvalue weighted by Gasteiger charge is 2.33. The lowest BCUT2D eigenvalue weighted by molar-refractivity contribution is -0.137. The van der Waals surface area contributed by atoms with Gasteiger partial charge in [-0.3, -0.25) is 9.59 Å². The Hall–Kier alpha value is -3.07. The van der Waals surface area contributed by atoms with Crippen molar-refractivity contribution in [3.05, 3.63) is 53.3 Å². The van der Waals surface area contributed by atoms with E-state index in [-0.39, 0.29) is 5.69 Å². The number of aromatic amines is 1. The number of hydrogen-bond donors (Lipinski definition) is 3. The van der Waals surface area contributed by atoms with E-state index in [9.17, 15) is 22.8 Å². The van der Waals surface area contributed by atoms with E-state index in [0.29, 0.717) is 22.8 Å². The van der Waals surface area contributed by atoms with Crippen molar-refractivity contribution in [3.8, 4) is 0 Å². The van der Waals surface area contributed by atoms with Crippen LogP contribution in [0.2, 0.25) is 5.02 Å². The van der Waals surface area contributed by atoms with E-state index in [1.807, 2.05) is 0 Å². The Balaban J connectivity index is 1.72. The Morgan fingerprint density at radius 2 is 1.62 bits per heavy atom. The third-order valence-corrected chi connectivity index (χ3v) is 3.74. The number of rotatable bonds is 2. The monoisotopic (exact) mass is 382 g/mol. The van der Waals surface area contributed by atoms with Crippen molar-refractivity contribution in [2.45, 2.75) is 6.18 Å². The lowest BCUT2D eigenvalue weighted by Gasteiger charge is -2.11. The fraction of sp³-hybridized carbons (Fsp3) is 0.0625. The fourth-order valence-electron chi connectivity index (χ4n) is 2.21. The van der Waals surface area contributed by atoms with E-state index in [0.717, 1.165) is 6.07 Å². The van der Waals surface area contributed by atoms with Crippen LogP contribution in [0, 0.1) is 0 Å². The van der Waals surface area contributed by atoms with Gasteiger partial charge in [-0.2, -0.15) is 13.2 Å². The maximum Gasteiger partial charge on any atom is 0.417 e. The second-order valence-electron chi connectivity index (χ2n) is 5.24. The summed E-state index contributed by atoms with van der Waals surface area (Å²) in [7, 11) is 0. The molecule has 6 nitrogen and oxygen atoms in total. The number of nitrogens with one attached hydrogen (secondary N) is 3. The molecule has 134 valence electrons. The van der Waals surface area contributed by atoms with E-state index in [4.69, 9.17) is 11.6 Å². The number of fused-ring (bicyclic) bond motifs is 1. The zero-order chi connectivity index (χ0) is 18.9. The molecule has 2 amide bonds. The minimum absolute atomic E-state index is 0.203. The average molecular weight is 383 g/mol. The van der Waals surface area contributed by atoms with Crippen LogP contribution in [0.3, 0.4) is 0 Å². The van der Waals surface area contributed by atoms with Gasteiger partial charge in [0.2, 0.25) is 0 Å². The minimum Gasteiger partial charge on any atom is -0.345 e. The molecule has 3 aromatic rings. The summed E-state index contributed by atoms with van der Waals surface area (Å²) >= 11 is 5.51. The summed E-state index contributed by atoms with van der Waals surface area (Å²) in [5, 5.41) is 3.95. The molecular weight excluding hydrogens is 373 g/mol. The summed E-state index contributed by atoms with van der Waals surface area (Å²) in [6.07, 6.45) is -3.21. The Bertz CT molecular complexity index is 1000. The van der Waals surface area contributed by atoms with Gasteiger partial charge in [0.05, 0.1) is 27.9 Å². The normalized spacial score (nSPS) is 11.4. The summed E-state index contributed by atoms with van der Waals surface area (Å²) in [4.78, 5) is 30.7. The van der Waals surface area contributed by atoms with Gasteiger partial charge in [0, 0.05) is 11.4 Å². The number of halogens is 4. The van der Waals surface area contributed by atoms with E-state index in [2.05, 4.69) is 20.6 Å². The standard InChI is InChI=1S/C16H10ClF3N4O2/c17-11-3-1-8(5-10(11)16(18,19)20)23-14(25)15(26)24-9-2-4-12-13(6-9)22-7-21-12/h1-7H,(H,21,22)(H,23,25)(H,24,26). The molecule has 0 saturated heterocycles. The highest BCUT2D eigenvalue weighted by Crippen LogP contribution is 2.36. The first kappa shape index (κ1) is 17.7. The van der Waals surface area contributed by atoms with Gasteiger partial charge in [-0.1, -0.05) is 11.6 Å². The Morgan fingerprint density at radius 1 is 1.00 bits per heavy atom. The maximum absolute atomic E-state index is 12.8. The van der Waals surface area contributed by atoms with Crippen molar-refractivity contribution in [2.75, 3.05) is 10.6 Å². The molecule has 26 heavy (non-hydrogen) atoms. The first-order valence-corrected chi connectivity index (χ1v) is 7.54. The number of nitrogens with zero attached hydrogens (tertiary/aromatic N) is 1. The smallest absolute Gasteiger partial charge is 0.345 e. The Morgan fingerprint density at radius 3 is 2.27 bits per heavy atom. The number of amides is 2. The Labute approximate surface area is 149 Å². The molecule has 0 radical (unpaired) electrons. The summed E-state index contributed by atoms with van der Waals surface area (Å²) in [5.41, 5.74) is 0.339. The van der Waals surface area contributed by atoms with Crippen LogP contribution in [0.1, 0.15) is 5.56 Å². The number of carbonyl (C=O) groups excluding carboxylic acids is 2. The predicted molar refractivity (Wildman–Crippen MR) is 89.8 cm³/mol. The molecule has 2 aromatic carbocycles. The van der Waals surface area contributed by atoms with Crippen molar-refractivity contribution < 1.29 is 22.8 Å². The summed E-state index contributed by atoms with van der Waals surface area (Å²) in [6.45, 7) is 0. The van der Waals surface area contributed by atoms with Crippen molar-refractivity contribution in [1.29, 1.82) is 0 Å². The van der Waals surface area contributed by atoms with Crippen LogP contribution in [0.15, 0.2) is 42.7 Å². The number of imidazole rings is 1. The SMILES string of the molecule is O=C(Nc1ccc(Cl)c(C(F)(F)F)c1)C(=O)Nc1ccc2nc[nH]c2c1. The van der Waals surface area contributed by atoms with Crippen molar-refractivity contribution in [3.63, 3.8) is 0 Å². The molecule has 3 N–H and O–H groups in total. The first-order valence-electron chi connectivity index (χ1n) is 7.16. The number of H-pyrrole nitrogens is 1. The first-order chi connectivity index (χ1) is 12.2. The molecule has 10 heteroatoms. The zero-order valence-corrected chi connectivity index (χ0v) is 13.6. The molecule has 0 bridgehead atoms. The highest BCUT2D eigenvalue weighted by molar-refractivity contribution is 6.43. The number of anilines is 2. The zero-order valence-electron chi connectivity index (χ0n) is 12.8. The number of aromatic nitrogens is 2. The van der Waals surface area contributed by atoms with Gasteiger partial charge in [-0.15, -0.1) is 0 Å². The average Bonchev–Trinajstić information content (AvgIpc) is 3.03. The molecule has 0 atom stereocenters. The van der Waals surface area contributed by atoms with Gasteiger partial charge in [0.1, 0.15) is 0 Å². The van der Waals surface area contributed by atoms with Crippen molar-refractivity contribution in [1.82, 2.24) is 9.97 Å². The quantitative estimate of drug-likeness (QED) is 0.589. The van der Waals surface area contributed by atoms with E-state index in [1.165, 1.54) is 12.4 Å². The molecular formula is C16H10ClF3N4O2. The van der Waals surface area contributed by atoms with Gasteiger partial charge >= 0.3 is 18.0 Å². The number of hydrogen-bond acceptors (Lipinski definition) is 3. The van der Waals surface area contributed by atoms with Gasteiger partial charge < -0.3 is 15.6 Å². The van der Waals surface area contributed by atoms with Gasteiger partial charge in [0.15, 0.2) is 0 Å². The third kappa shape index (κ3) is 3.77. The second kappa shape index (κ2) is 6.68. The molecule has 3 rings (SSSR count). The summed E-state index contributed by atoms with van der Waals surface area (Å²) < 4.78 is 38.5. The Kier molecular flexibility index (Phi) is 4.56. The van der Waals surface area contributed by atoms with Gasteiger partial charge in [0.25, 0.3) is 0 Å². The van der Waals surface area contributed by atoms with Crippen LogP contribution in [0.25, 0.3) is 11.0 Å². The summed E-state index contributed by atoms with van der Waals surface area (Å²) in [6, 6.07) is 7.55. The molecule has 1 aromatic heterocycles. The van der Waals surface area contributed by atoms with Gasteiger partial charge in [-0.25, -0.2) is 4.98 Å². The van der Waals surface area contributed by atoms with Crippen molar-refractivity contribution >= 4 is 45.8 Å². The molecule has 0 unspecified atom stereocenters. The molecule has 1 heterocycles. The lowest BCUT2D eigenvalue weighted by Crippen LogP contribution is -2.29. The predicted octanol–water partition coefficient (Wildman–Crippen LogP) is 3.81. The molecule has 0 fully saturated rings. The van der Waals surface area contributed by atoms with Crippen LogP contribution in [0.4, 0.5) is 24.5 Å². The molecule has 0 aliphatic heterocycles. The molecule has 0 aliphatic carbocycles. The molecule has 0 saturated carbocycles. The minimum atomic E-state index is -4.68. The van der Waals surface area contributed by atoms with Crippen LogP contribution >= 0.6 is 11.6 Å². The molecule has 0 aliphatic rings. The van der Waals surface area contributed by atoms with Crippen LogP contribution in [-0.2, 0) is 15.8 Å². The fourth-order valence-corrected chi connectivity index (χ4v) is 2.43. The number of alkyl halides is 3. The van der Waals surface area contributed by atoms with Crippen molar-refractivity contribution in [2.24, 2.45) is 0 Å². The van der Waals surface area contributed by atoms with Gasteiger partial charge in [-0.05, 0) is 36.4 Å². The lowest BCUT2D eigenvalue weighted by atomic mass is 10.2. The van der Waals surface area contributed by atoms with E-state index >= 15 is 0 Å². The molecule has 0 spiro atoms.